The van der Waals surface area contributed by atoms with Crippen LogP contribution in [0.4, 0.5) is 0 Å². The molecule has 0 heterocycles. The van der Waals surface area contributed by atoms with Gasteiger partial charge >= 0.3 is 5.97 Å². The highest BCUT2D eigenvalue weighted by Crippen LogP contribution is 2.34. The zero-order valence-corrected chi connectivity index (χ0v) is 24.5. The number of hydrogen-bond donors (Lipinski definition) is 0. The third-order valence-electron chi connectivity index (χ3n) is 8.09. The van der Waals surface area contributed by atoms with Crippen molar-refractivity contribution in [3.63, 3.8) is 0 Å². The smallest absolute Gasteiger partial charge is 0.317 e. The Hall–Kier alpha value is -1.83. The van der Waals surface area contributed by atoms with Gasteiger partial charge in [0.1, 0.15) is 5.75 Å². The Morgan fingerprint density at radius 1 is 0.595 bits per heavy atom. The SMILES string of the molecule is CCCCCCCCCCCCC(C)(CCCCCCCCCC)C(=O)Oc1ccc2ccccc2c1. The number of carbonyl (C=O) groups is 1. The summed E-state index contributed by atoms with van der Waals surface area (Å²) in [7, 11) is 0. The van der Waals surface area contributed by atoms with Crippen molar-refractivity contribution in [3.05, 3.63) is 42.5 Å². The van der Waals surface area contributed by atoms with Gasteiger partial charge < -0.3 is 4.74 Å². The maximum Gasteiger partial charge on any atom is 0.317 e. The minimum Gasteiger partial charge on any atom is -0.426 e. The Balaban J connectivity index is 1.82. The van der Waals surface area contributed by atoms with Gasteiger partial charge in [0, 0.05) is 0 Å². The molecule has 208 valence electrons. The Morgan fingerprint density at radius 2 is 1.03 bits per heavy atom. The fraction of sp³-hybridized carbons (Fsp3) is 0.686. The molecule has 0 saturated carbocycles. The molecule has 2 heteroatoms. The molecule has 2 nitrogen and oxygen atoms in total. The number of benzene rings is 2. The minimum absolute atomic E-state index is 0.0401. The third kappa shape index (κ3) is 13.0. The molecule has 0 aliphatic carbocycles. The lowest BCUT2D eigenvalue weighted by atomic mass is 9.79. The van der Waals surface area contributed by atoms with Crippen LogP contribution in [0.1, 0.15) is 149 Å². The number of esters is 1. The van der Waals surface area contributed by atoms with Crippen molar-refractivity contribution in [2.45, 2.75) is 149 Å². The second-order valence-corrected chi connectivity index (χ2v) is 11.6. The number of fused-ring (bicyclic) bond motifs is 1. The lowest BCUT2D eigenvalue weighted by Crippen LogP contribution is -2.32. The molecule has 0 aliphatic rings. The van der Waals surface area contributed by atoms with E-state index in [-0.39, 0.29) is 5.97 Å². The lowest BCUT2D eigenvalue weighted by molar-refractivity contribution is -0.146. The van der Waals surface area contributed by atoms with Crippen LogP contribution in [0.5, 0.6) is 5.75 Å². The Kier molecular flexibility index (Phi) is 16.3. The summed E-state index contributed by atoms with van der Waals surface area (Å²) in [6.07, 6.45) is 25.4. The topological polar surface area (TPSA) is 26.3 Å². The van der Waals surface area contributed by atoms with Crippen LogP contribution in [0, 0.1) is 5.41 Å². The summed E-state index contributed by atoms with van der Waals surface area (Å²) in [6, 6.07) is 14.2. The molecular weight excluding hydrogens is 452 g/mol. The Labute approximate surface area is 229 Å². The predicted octanol–water partition coefficient (Wildman–Crippen LogP) is 11.6. The van der Waals surface area contributed by atoms with E-state index in [2.05, 4.69) is 39.0 Å². The molecule has 0 radical (unpaired) electrons. The minimum atomic E-state index is -0.395. The molecule has 0 N–H and O–H groups in total. The summed E-state index contributed by atoms with van der Waals surface area (Å²) in [6.45, 7) is 6.71. The second kappa shape index (κ2) is 19.3. The van der Waals surface area contributed by atoms with Crippen LogP contribution in [0.3, 0.4) is 0 Å². The zero-order chi connectivity index (χ0) is 26.6. The van der Waals surface area contributed by atoms with Gasteiger partial charge in [-0.2, -0.15) is 0 Å². The van der Waals surface area contributed by atoms with Gasteiger partial charge in [-0.15, -0.1) is 0 Å². The van der Waals surface area contributed by atoms with E-state index < -0.39 is 5.41 Å². The average Bonchev–Trinajstić information content (AvgIpc) is 2.91. The maximum absolute atomic E-state index is 13.5. The van der Waals surface area contributed by atoms with Gasteiger partial charge in [-0.05, 0) is 42.7 Å². The summed E-state index contributed by atoms with van der Waals surface area (Å²) >= 11 is 0. The first-order valence-corrected chi connectivity index (χ1v) is 15.8. The zero-order valence-electron chi connectivity index (χ0n) is 24.5. The van der Waals surface area contributed by atoms with Gasteiger partial charge in [0.25, 0.3) is 0 Å². The van der Waals surface area contributed by atoms with E-state index in [9.17, 15) is 4.79 Å². The highest BCUT2D eigenvalue weighted by Gasteiger charge is 2.34. The van der Waals surface area contributed by atoms with Crippen LogP contribution in [0.2, 0.25) is 0 Å². The van der Waals surface area contributed by atoms with Crippen LogP contribution in [-0.2, 0) is 4.79 Å². The Bertz CT molecular complexity index is 857. The molecule has 37 heavy (non-hydrogen) atoms. The Morgan fingerprint density at radius 3 is 1.51 bits per heavy atom. The summed E-state index contributed by atoms with van der Waals surface area (Å²) < 4.78 is 6.01. The molecule has 0 aliphatic heterocycles. The van der Waals surface area contributed by atoms with Crippen LogP contribution >= 0.6 is 0 Å². The summed E-state index contributed by atoms with van der Waals surface area (Å²) in [4.78, 5) is 13.5. The van der Waals surface area contributed by atoms with Gasteiger partial charge in [-0.1, -0.05) is 160 Å². The van der Waals surface area contributed by atoms with Crippen LogP contribution < -0.4 is 4.74 Å². The molecule has 2 aromatic rings. The molecule has 1 atom stereocenters. The van der Waals surface area contributed by atoms with Crippen molar-refractivity contribution in [3.8, 4) is 5.75 Å². The number of carbonyl (C=O) groups excluding carboxylic acids is 1. The van der Waals surface area contributed by atoms with Crippen molar-refractivity contribution in [2.75, 3.05) is 0 Å². The highest BCUT2D eigenvalue weighted by molar-refractivity contribution is 5.85. The largest absolute Gasteiger partial charge is 0.426 e. The standard InChI is InChI=1S/C35H56O2/c1-4-6-8-10-12-14-15-17-19-23-29-35(3,28-22-18-16-13-11-9-7-5-2)34(36)37-33-27-26-31-24-20-21-25-32(31)30-33/h20-21,24-27,30H,4-19,22-23,28-29H2,1-3H3. The van der Waals surface area contributed by atoms with Crippen molar-refractivity contribution >= 4 is 16.7 Å². The molecule has 0 bridgehead atoms. The highest BCUT2D eigenvalue weighted by atomic mass is 16.5. The number of hydrogen-bond acceptors (Lipinski definition) is 2. The maximum atomic E-state index is 13.5. The first kappa shape index (κ1) is 31.4. The molecular formula is C35H56O2. The van der Waals surface area contributed by atoms with Crippen LogP contribution in [0.25, 0.3) is 10.8 Å². The first-order chi connectivity index (χ1) is 18.1. The van der Waals surface area contributed by atoms with Crippen LogP contribution in [-0.4, -0.2) is 5.97 Å². The number of ether oxygens (including phenoxy) is 1. The first-order valence-electron chi connectivity index (χ1n) is 15.8. The monoisotopic (exact) mass is 508 g/mol. The van der Waals surface area contributed by atoms with E-state index in [0.717, 1.165) is 31.1 Å². The molecule has 0 amide bonds. The molecule has 0 saturated heterocycles. The van der Waals surface area contributed by atoms with E-state index in [4.69, 9.17) is 4.74 Å². The van der Waals surface area contributed by atoms with Crippen molar-refractivity contribution in [1.82, 2.24) is 0 Å². The lowest BCUT2D eigenvalue weighted by Gasteiger charge is -2.27. The molecule has 2 aromatic carbocycles. The number of rotatable bonds is 22. The quantitative estimate of drug-likeness (QED) is 0.0897. The number of unbranched alkanes of at least 4 members (excludes halogenated alkanes) is 16. The predicted molar refractivity (Wildman–Crippen MR) is 161 cm³/mol. The van der Waals surface area contributed by atoms with Gasteiger partial charge in [0.2, 0.25) is 0 Å². The van der Waals surface area contributed by atoms with Crippen molar-refractivity contribution in [1.29, 1.82) is 0 Å². The van der Waals surface area contributed by atoms with E-state index in [1.807, 2.05) is 24.3 Å². The fourth-order valence-electron chi connectivity index (χ4n) is 5.44. The van der Waals surface area contributed by atoms with Crippen molar-refractivity contribution < 1.29 is 9.53 Å². The molecule has 0 spiro atoms. The molecule has 0 fully saturated rings. The third-order valence-corrected chi connectivity index (χ3v) is 8.09. The van der Waals surface area contributed by atoms with E-state index in [1.165, 1.54) is 108 Å². The van der Waals surface area contributed by atoms with Crippen molar-refractivity contribution in [2.24, 2.45) is 5.41 Å². The van der Waals surface area contributed by atoms with E-state index >= 15 is 0 Å². The molecule has 2 rings (SSSR count). The van der Waals surface area contributed by atoms with Crippen LogP contribution in [0.15, 0.2) is 42.5 Å². The van der Waals surface area contributed by atoms with Gasteiger partial charge in [-0.3, -0.25) is 4.79 Å². The van der Waals surface area contributed by atoms with Gasteiger partial charge in [0.05, 0.1) is 5.41 Å². The van der Waals surface area contributed by atoms with Gasteiger partial charge in [-0.25, -0.2) is 0 Å². The second-order valence-electron chi connectivity index (χ2n) is 11.6. The van der Waals surface area contributed by atoms with E-state index in [0.29, 0.717) is 5.75 Å². The fourth-order valence-corrected chi connectivity index (χ4v) is 5.44. The molecule has 0 aromatic heterocycles. The van der Waals surface area contributed by atoms with E-state index in [1.54, 1.807) is 0 Å². The average molecular weight is 509 g/mol. The molecule has 1 unspecified atom stereocenters. The summed E-state index contributed by atoms with van der Waals surface area (Å²) in [5.74, 6) is 0.635. The summed E-state index contributed by atoms with van der Waals surface area (Å²) in [5.41, 5.74) is -0.395. The normalized spacial score (nSPS) is 13.1. The van der Waals surface area contributed by atoms with Gasteiger partial charge in [0.15, 0.2) is 0 Å². The summed E-state index contributed by atoms with van der Waals surface area (Å²) in [5, 5.41) is 2.29.